The zero-order valence-corrected chi connectivity index (χ0v) is 17.9. The van der Waals surface area contributed by atoms with Gasteiger partial charge < -0.3 is 34.8 Å². The molecule has 1 amide bonds. The van der Waals surface area contributed by atoms with Gasteiger partial charge in [-0.1, -0.05) is 12.1 Å². The molecule has 0 unspecified atom stereocenters. The molecule has 2 saturated heterocycles. The number of ether oxygens (including phenoxy) is 1. The first-order valence-corrected chi connectivity index (χ1v) is 10.8. The number of amides is 1. The summed E-state index contributed by atoms with van der Waals surface area (Å²) < 4.78 is 12.8. The maximum atomic E-state index is 11.1. The lowest BCUT2D eigenvalue weighted by atomic mass is 10.1. The van der Waals surface area contributed by atoms with Gasteiger partial charge in [0, 0.05) is 25.2 Å². The van der Waals surface area contributed by atoms with Crippen LogP contribution in [0.15, 0.2) is 23.2 Å². The molecule has 3 aromatic rings. The zero-order valence-electron chi connectivity index (χ0n) is 17.9. The molecule has 2 aliphatic heterocycles. The van der Waals surface area contributed by atoms with Crippen molar-refractivity contribution in [3.63, 3.8) is 0 Å². The van der Waals surface area contributed by atoms with Crippen LogP contribution in [0.4, 0.5) is 10.6 Å². The molecule has 176 valence electrons. The molecule has 3 aromatic heterocycles. The van der Waals surface area contributed by atoms with Crippen LogP contribution in [0.3, 0.4) is 0 Å². The smallest absolute Gasteiger partial charge is 0.407 e. The lowest BCUT2D eigenvalue weighted by Crippen LogP contribution is -2.41. The van der Waals surface area contributed by atoms with Crippen molar-refractivity contribution in [1.29, 1.82) is 0 Å². The highest BCUT2D eigenvalue weighted by molar-refractivity contribution is 5.82. The second-order valence-electron chi connectivity index (χ2n) is 8.24. The SMILES string of the molecule is CCc1cc([C@H]2O[C@@H](n3cnc4c(NC5CCN(C(=O)O)CC5)ncnc43)[C@@H](O)[C@@H]2O)on1. The van der Waals surface area contributed by atoms with Crippen molar-refractivity contribution in [1.82, 2.24) is 29.6 Å². The summed E-state index contributed by atoms with van der Waals surface area (Å²) in [7, 11) is 0. The number of nitrogens with zero attached hydrogens (tertiary/aromatic N) is 6. The van der Waals surface area contributed by atoms with Crippen molar-refractivity contribution in [3.05, 3.63) is 30.2 Å². The van der Waals surface area contributed by atoms with Crippen LogP contribution in [0, 0.1) is 0 Å². The molecule has 0 aromatic carbocycles. The van der Waals surface area contributed by atoms with E-state index in [0.29, 0.717) is 55.1 Å². The second-order valence-corrected chi connectivity index (χ2v) is 8.24. The van der Waals surface area contributed by atoms with E-state index in [9.17, 15) is 15.0 Å². The number of carboxylic acid groups (broad SMARTS) is 1. The van der Waals surface area contributed by atoms with Crippen LogP contribution in [-0.2, 0) is 11.2 Å². The molecule has 0 bridgehead atoms. The molecule has 5 heterocycles. The van der Waals surface area contributed by atoms with E-state index in [2.05, 4.69) is 25.4 Å². The third-order valence-electron chi connectivity index (χ3n) is 6.20. The third-order valence-corrected chi connectivity index (χ3v) is 6.20. The highest BCUT2D eigenvalue weighted by Crippen LogP contribution is 2.40. The first-order chi connectivity index (χ1) is 16.0. The zero-order chi connectivity index (χ0) is 23.1. The van der Waals surface area contributed by atoms with Crippen molar-refractivity contribution >= 4 is 23.1 Å². The lowest BCUT2D eigenvalue weighted by Gasteiger charge is -2.30. The lowest BCUT2D eigenvalue weighted by molar-refractivity contribution is -0.0434. The van der Waals surface area contributed by atoms with Crippen molar-refractivity contribution in [3.8, 4) is 0 Å². The van der Waals surface area contributed by atoms with Gasteiger partial charge in [0.25, 0.3) is 0 Å². The van der Waals surface area contributed by atoms with Crippen LogP contribution in [-0.4, -0.2) is 82.3 Å². The van der Waals surface area contributed by atoms with Crippen LogP contribution < -0.4 is 5.32 Å². The van der Waals surface area contributed by atoms with E-state index in [1.165, 1.54) is 17.6 Å². The molecule has 4 atom stereocenters. The average molecular weight is 459 g/mol. The first-order valence-electron chi connectivity index (χ1n) is 10.8. The maximum Gasteiger partial charge on any atom is 0.407 e. The highest BCUT2D eigenvalue weighted by Gasteiger charge is 2.46. The van der Waals surface area contributed by atoms with Gasteiger partial charge in [0.2, 0.25) is 0 Å². The number of aliphatic hydroxyl groups is 2. The van der Waals surface area contributed by atoms with Crippen LogP contribution in [0.2, 0.25) is 0 Å². The van der Waals surface area contributed by atoms with Gasteiger partial charge in [0.15, 0.2) is 29.0 Å². The van der Waals surface area contributed by atoms with Crippen LogP contribution in [0.1, 0.15) is 43.6 Å². The van der Waals surface area contributed by atoms with Gasteiger partial charge in [0.1, 0.15) is 24.6 Å². The van der Waals surface area contributed by atoms with E-state index in [4.69, 9.17) is 14.4 Å². The molecule has 0 spiro atoms. The summed E-state index contributed by atoms with van der Waals surface area (Å²) in [4.78, 5) is 25.5. The quantitative estimate of drug-likeness (QED) is 0.427. The molecular formula is C20H25N7O6. The predicted octanol–water partition coefficient (Wildman–Crippen LogP) is 0.923. The number of hydrogen-bond acceptors (Lipinski definition) is 10. The highest BCUT2D eigenvalue weighted by atomic mass is 16.6. The topological polar surface area (TPSA) is 172 Å². The van der Waals surface area contributed by atoms with Crippen LogP contribution >= 0.6 is 0 Å². The summed E-state index contributed by atoms with van der Waals surface area (Å²) in [6.07, 6.45) is -0.358. The number of piperidine rings is 1. The Morgan fingerprint density at radius 3 is 2.70 bits per heavy atom. The summed E-state index contributed by atoms with van der Waals surface area (Å²) in [6.45, 7) is 2.82. The Morgan fingerprint density at radius 1 is 1.21 bits per heavy atom. The number of hydrogen-bond donors (Lipinski definition) is 4. The fraction of sp³-hybridized carbons (Fsp3) is 0.550. The number of rotatable bonds is 5. The molecule has 33 heavy (non-hydrogen) atoms. The van der Waals surface area contributed by atoms with E-state index in [1.54, 1.807) is 10.6 Å². The van der Waals surface area contributed by atoms with Crippen LogP contribution in [0.5, 0.6) is 0 Å². The molecule has 13 nitrogen and oxygen atoms in total. The predicted molar refractivity (Wildman–Crippen MR) is 112 cm³/mol. The van der Waals surface area contributed by atoms with Crippen molar-refractivity contribution in [2.45, 2.75) is 56.8 Å². The van der Waals surface area contributed by atoms with Gasteiger partial charge in [-0.25, -0.2) is 19.7 Å². The minimum atomic E-state index is -1.24. The number of likely N-dealkylation sites (tertiary alicyclic amines) is 1. The van der Waals surface area contributed by atoms with Gasteiger partial charge in [-0.3, -0.25) is 4.57 Å². The van der Waals surface area contributed by atoms with Gasteiger partial charge in [0.05, 0.1) is 12.0 Å². The van der Waals surface area contributed by atoms with Crippen molar-refractivity contribution < 1.29 is 29.4 Å². The van der Waals surface area contributed by atoms with Gasteiger partial charge in [-0.05, 0) is 19.3 Å². The Hall–Kier alpha value is -3.29. The number of aryl methyl sites for hydroxylation is 1. The first kappa shape index (κ1) is 21.6. The number of imidazole rings is 1. The number of anilines is 1. The van der Waals surface area contributed by atoms with Gasteiger partial charge in [-0.2, -0.15) is 0 Å². The Balaban J connectivity index is 1.36. The summed E-state index contributed by atoms with van der Waals surface area (Å²) in [5.74, 6) is 0.856. The van der Waals surface area contributed by atoms with E-state index in [1.807, 2.05) is 6.92 Å². The summed E-state index contributed by atoms with van der Waals surface area (Å²) in [5.41, 5.74) is 1.64. The molecule has 0 aliphatic carbocycles. The molecule has 2 fully saturated rings. The number of aromatic nitrogens is 5. The normalized spacial score (nSPS) is 26.2. The number of aliphatic hydroxyl groups excluding tert-OH is 2. The summed E-state index contributed by atoms with van der Waals surface area (Å²) in [5, 5.41) is 37.6. The molecule has 0 radical (unpaired) electrons. The fourth-order valence-electron chi connectivity index (χ4n) is 4.31. The Kier molecular flexibility index (Phi) is 5.60. The molecule has 5 rings (SSSR count). The van der Waals surface area contributed by atoms with Crippen molar-refractivity contribution in [2.75, 3.05) is 18.4 Å². The Labute approximate surface area is 188 Å². The molecular weight excluding hydrogens is 434 g/mol. The van der Waals surface area contributed by atoms with Gasteiger partial charge >= 0.3 is 6.09 Å². The fourth-order valence-corrected chi connectivity index (χ4v) is 4.31. The minimum absolute atomic E-state index is 0.0441. The van der Waals surface area contributed by atoms with E-state index >= 15 is 0 Å². The molecule has 4 N–H and O–H groups in total. The largest absolute Gasteiger partial charge is 0.465 e. The maximum absolute atomic E-state index is 11.1. The van der Waals surface area contributed by atoms with Gasteiger partial charge in [-0.15, -0.1) is 0 Å². The monoisotopic (exact) mass is 459 g/mol. The molecule has 13 heteroatoms. The number of nitrogens with one attached hydrogen (secondary N) is 1. The third kappa shape index (κ3) is 3.87. The van der Waals surface area contributed by atoms with Crippen molar-refractivity contribution in [2.24, 2.45) is 0 Å². The summed E-state index contributed by atoms with van der Waals surface area (Å²) >= 11 is 0. The average Bonchev–Trinajstić information content (AvgIpc) is 3.53. The Bertz CT molecular complexity index is 1140. The molecule has 0 saturated carbocycles. The van der Waals surface area contributed by atoms with E-state index in [0.717, 1.165) is 5.69 Å². The molecule has 2 aliphatic rings. The number of carbonyl (C=O) groups is 1. The minimum Gasteiger partial charge on any atom is -0.465 e. The van der Waals surface area contributed by atoms with E-state index < -0.39 is 30.6 Å². The number of fused-ring (bicyclic) bond motifs is 1. The Morgan fingerprint density at radius 2 is 2.00 bits per heavy atom. The van der Waals surface area contributed by atoms with E-state index in [-0.39, 0.29) is 6.04 Å². The summed E-state index contributed by atoms with van der Waals surface area (Å²) in [6, 6.07) is 1.75. The standard InChI is InChI=1S/C20H25N7O6/c1-2-10-7-12(33-25-10)16-14(28)15(29)19(32-16)27-9-23-13-17(21-8-22-18(13)27)24-11-3-5-26(6-4-11)20(30)31/h7-9,11,14-16,19,28-29H,2-6H2,1H3,(H,30,31)(H,21,22,24)/t14-,15-,16+,19+/m0/s1. The van der Waals surface area contributed by atoms with Crippen LogP contribution in [0.25, 0.3) is 11.2 Å². The second kappa shape index (κ2) is 8.57.